The largest absolute Gasteiger partial charge is 0.507 e. The molecular weight excluding hydrogens is 448 g/mol. The average molecular weight is 483 g/mol. The van der Waals surface area contributed by atoms with E-state index in [1.165, 1.54) is 6.07 Å². The lowest BCUT2D eigenvalue weighted by atomic mass is 9.32. The van der Waals surface area contributed by atoms with Crippen LogP contribution in [0.1, 0.15) is 71.3 Å². The molecule has 0 aromatic heterocycles. The summed E-state index contributed by atoms with van der Waals surface area (Å²) in [6.45, 7) is 13.6. The third-order valence-electron chi connectivity index (χ3n) is 10.3. The first kappa shape index (κ1) is 25.4. The summed E-state index contributed by atoms with van der Waals surface area (Å²) >= 11 is 0. The first-order valence-corrected chi connectivity index (χ1v) is 12.2. The third-order valence-corrected chi connectivity index (χ3v) is 10.3. The van der Waals surface area contributed by atoms with E-state index in [1.807, 2.05) is 13.8 Å². The Bertz CT molecular complexity index is 1210. The van der Waals surface area contributed by atoms with E-state index in [0.717, 1.165) is 6.92 Å². The molecule has 3 aliphatic rings. The summed E-state index contributed by atoms with van der Waals surface area (Å²) in [5.74, 6) is -9.58. The molecule has 2 fully saturated rings. The fraction of sp³-hybridized carbons (Fsp3) is 0.607. The summed E-state index contributed by atoms with van der Waals surface area (Å²) in [7, 11) is 0. The van der Waals surface area contributed by atoms with Gasteiger partial charge in [-0.2, -0.15) is 0 Å². The van der Waals surface area contributed by atoms with E-state index in [0.29, 0.717) is 5.56 Å². The van der Waals surface area contributed by atoms with Crippen molar-refractivity contribution < 1.29 is 34.2 Å². The van der Waals surface area contributed by atoms with Crippen molar-refractivity contribution in [2.75, 3.05) is 0 Å². The summed E-state index contributed by atoms with van der Waals surface area (Å²) in [6.07, 6.45) is 0. The number of fused-ring (bicyclic) bond motifs is 3. The van der Waals surface area contributed by atoms with Crippen molar-refractivity contribution in [2.45, 2.75) is 66.4 Å². The van der Waals surface area contributed by atoms with E-state index in [4.69, 9.17) is 0 Å². The van der Waals surface area contributed by atoms with Gasteiger partial charge in [-0.15, -0.1) is 0 Å². The van der Waals surface area contributed by atoms with Gasteiger partial charge in [-0.25, -0.2) is 0 Å². The van der Waals surface area contributed by atoms with Crippen LogP contribution < -0.4 is 0 Å². The van der Waals surface area contributed by atoms with Crippen molar-refractivity contribution in [1.82, 2.24) is 0 Å². The molecule has 2 N–H and O–H groups in total. The lowest BCUT2D eigenvalue weighted by Crippen LogP contribution is -2.81. The highest BCUT2D eigenvalue weighted by atomic mass is 16.3. The average Bonchev–Trinajstić information content (AvgIpc) is 2.74. The van der Waals surface area contributed by atoms with Gasteiger partial charge in [-0.05, 0) is 41.2 Å². The van der Waals surface area contributed by atoms with E-state index >= 15 is 0 Å². The van der Waals surface area contributed by atoms with Gasteiger partial charge in [0.25, 0.3) is 0 Å². The normalized spacial score (nSPS) is 40.3. The van der Waals surface area contributed by atoms with Gasteiger partial charge in [-0.3, -0.25) is 24.0 Å². The number of aromatic hydroxyl groups is 1. The molecule has 1 aromatic rings. The Hall–Kier alpha value is -2.67. The van der Waals surface area contributed by atoms with Gasteiger partial charge in [0.2, 0.25) is 0 Å². The molecule has 188 valence electrons. The molecule has 0 saturated heterocycles. The van der Waals surface area contributed by atoms with Crippen LogP contribution in [0.15, 0.2) is 18.2 Å². The van der Waals surface area contributed by atoms with E-state index in [9.17, 15) is 34.2 Å². The van der Waals surface area contributed by atoms with Crippen LogP contribution in [0.2, 0.25) is 0 Å². The van der Waals surface area contributed by atoms with Crippen LogP contribution >= 0.6 is 0 Å². The molecule has 4 rings (SSSR count). The number of benzene rings is 1. The van der Waals surface area contributed by atoms with Crippen LogP contribution in [0.4, 0.5) is 0 Å². The van der Waals surface area contributed by atoms with Crippen LogP contribution in [0.3, 0.4) is 0 Å². The zero-order valence-electron chi connectivity index (χ0n) is 21.6. The number of phenols is 1. The lowest BCUT2D eigenvalue weighted by molar-refractivity contribution is -0.227. The summed E-state index contributed by atoms with van der Waals surface area (Å²) < 4.78 is 0. The molecule has 3 aliphatic carbocycles. The number of carbonyl (C=O) groups excluding carboxylic acids is 5. The van der Waals surface area contributed by atoms with Crippen molar-refractivity contribution in [2.24, 2.45) is 40.4 Å². The molecule has 0 heterocycles. The van der Waals surface area contributed by atoms with Gasteiger partial charge in [0.05, 0.1) is 11.5 Å². The molecule has 0 amide bonds. The number of hydrogen-bond donors (Lipinski definition) is 2. The molecule has 35 heavy (non-hydrogen) atoms. The monoisotopic (exact) mass is 482 g/mol. The molecule has 0 aliphatic heterocycles. The number of carbonyl (C=O) groups is 5. The van der Waals surface area contributed by atoms with Crippen molar-refractivity contribution in [3.8, 4) is 5.75 Å². The maximum absolute atomic E-state index is 14.3. The number of Topliss-reactive ketones (excluding diaryl/α,β-unsaturated/α-hetero) is 5. The van der Waals surface area contributed by atoms with Crippen LogP contribution in [-0.2, 0) is 24.6 Å². The Balaban J connectivity index is 2.12. The summed E-state index contributed by atoms with van der Waals surface area (Å²) in [4.78, 5) is 68.1. The maximum Gasteiger partial charge on any atom is 0.190 e. The number of aliphatic hydroxyl groups is 1. The van der Waals surface area contributed by atoms with Crippen molar-refractivity contribution in [3.63, 3.8) is 0 Å². The number of phenolic OH excluding ortho intramolecular Hbond substituents is 1. The molecule has 7 atom stereocenters. The van der Waals surface area contributed by atoms with E-state index in [-0.39, 0.29) is 17.2 Å². The molecular formula is C28H34O7. The lowest BCUT2D eigenvalue weighted by Gasteiger charge is -2.68. The molecule has 3 unspecified atom stereocenters. The summed E-state index contributed by atoms with van der Waals surface area (Å²) in [5.41, 5.74) is -5.65. The minimum absolute atomic E-state index is 0.00981. The van der Waals surface area contributed by atoms with Crippen LogP contribution in [0.5, 0.6) is 5.75 Å². The van der Waals surface area contributed by atoms with Gasteiger partial charge >= 0.3 is 0 Å². The molecule has 7 nitrogen and oxygen atoms in total. The zero-order valence-corrected chi connectivity index (χ0v) is 21.6. The number of ketones is 5. The van der Waals surface area contributed by atoms with Gasteiger partial charge in [-0.1, -0.05) is 60.6 Å². The Labute approximate surface area is 205 Å². The van der Waals surface area contributed by atoms with Crippen LogP contribution in [-0.4, -0.2) is 44.7 Å². The Kier molecular flexibility index (Phi) is 5.22. The van der Waals surface area contributed by atoms with Crippen molar-refractivity contribution in [3.05, 3.63) is 29.3 Å². The van der Waals surface area contributed by atoms with E-state index in [1.54, 1.807) is 46.8 Å². The highest BCUT2D eigenvalue weighted by molar-refractivity contribution is 6.32. The van der Waals surface area contributed by atoms with Crippen molar-refractivity contribution in [1.29, 1.82) is 0 Å². The van der Waals surface area contributed by atoms with E-state index in [2.05, 4.69) is 0 Å². The third kappa shape index (κ3) is 2.52. The summed E-state index contributed by atoms with van der Waals surface area (Å²) in [6, 6.07) is 4.76. The number of hydrogen-bond acceptors (Lipinski definition) is 7. The first-order chi connectivity index (χ1) is 15.9. The SMILES string of the molecule is CC(=O)C1C(=O)C(C(C)C)[C@@]2(C)[C@H](C)[C@]3(C)C(C(=O)c4c(O)cccc4C3(C)C)C(=O)[C@@]2(O)C1=O. The molecule has 0 radical (unpaired) electrons. The molecule has 0 spiro atoms. The van der Waals surface area contributed by atoms with Gasteiger partial charge < -0.3 is 10.2 Å². The van der Waals surface area contributed by atoms with Gasteiger partial charge in [0.15, 0.2) is 28.7 Å². The molecule has 7 heteroatoms. The van der Waals surface area contributed by atoms with Gasteiger partial charge in [0, 0.05) is 11.3 Å². The van der Waals surface area contributed by atoms with Crippen LogP contribution in [0, 0.1) is 40.4 Å². The maximum atomic E-state index is 14.3. The second kappa shape index (κ2) is 7.19. The first-order valence-electron chi connectivity index (χ1n) is 12.2. The minimum Gasteiger partial charge on any atom is -0.507 e. The Morgan fingerprint density at radius 2 is 1.54 bits per heavy atom. The zero-order chi connectivity index (χ0) is 26.6. The molecule has 0 bridgehead atoms. The Morgan fingerprint density at radius 3 is 2.06 bits per heavy atom. The van der Waals surface area contributed by atoms with Crippen molar-refractivity contribution >= 4 is 28.9 Å². The smallest absolute Gasteiger partial charge is 0.190 e. The molecule has 1 aromatic carbocycles. The summed E-state index contributed by atoms with van der Waals surface area (Å²) in [5, 5.41) is 22.8. The quantitative estimate of drug-likeness (QED) is 0.621. The highest BCUT2D eigenvalue weighted by Crippen LogP contribution is 2.70. The second-order valence-electron chi connectivity index (χ2n) is 12.0. The predicted molar refractivity (Wildman–Crippen MR) is 127 cm³/mol. The number of rotatable bonds is 2. The Morgan fingerprint density at radius 1 is 0.971 bits per heavy atom. The second-order valence-corrected chi connectivity index (χ2v) is 12.0. The van der Waals surface area contributed by atoms with E-state index < -0.39 is 74.4 Å². The highest BCUT2D eigenvalue weighted by Gasteiger charge is 2.80. The topological polar surface area (TPSA) is 126 Å². The van der Waals surface area contributed by atoms with Gasteiger partial charge in [0.1, 0.15) is 17.5 Å². The fourth-order valence-electron chi connectivity index (χ4n) is 8.08. The molecule has 2 saturated carbocycles. The van der Waals surface area contributed by atoms with Crippen LogP contribution in [0.25, 0.3) is 0 Å². The standard InChI is InChI=1S/C28H34O7/c1-12(2)19-21(31)17(13(3)29)23(33)28(35)24(34)20-22(32)18-15(10-9-11-16(18)30)25(5,6)26(20,7)14(4)27(19,28)8/h9-12,14,17,19-20,30,35H,1-8H3/t14-,17?,19?,20?,26-,27-,28+/m1/s1. The fourth-order valence-corrected chi connectivity index (χ4v) is 8.08. The minimum atomic E-state index is -2.70. The predicted octanol–water partition coefficient (Wildman–Crippen LogP) is 3.07.